The maximum absolute atomic E-state index is 13.9. The number of carboxylic acid groups (broad SMARTS) is 1. The first-order chi connectivity index (χ1) is 17.6. The van der Waals surface area contributed by atoms with Crippen LogP contribution in [0.15, 0.2) is 83.8 Å². The van der Waals surface area contributed by atoms with Gasteiger partial charge in [-0.15, -0.1) is 0 Å². The van der Waals surface area contributed by atoms with Crippen LogP contribution in [0.4, 0.5) is 0 Å². The van der Waals surface area contributed by atoms with Gasteiger partial charge in [0.2, 0.25) is 10.0 Å². The first-order valence-electron chi connectivity index (χ1n) is 11.5. The first kappa shape index (κ1) is 28.6. The monoisotopic (exact) mass is 546 g/mol. The second kappa shape index (κ2) is 12.5. The molecule has 0 bridgehead atoms. The van der Waals surface area contributed by atoms with Crippen LogP contribution in [-0.4, -0.2) is 43.3 Å². The Hall–Kier alpha value is -3.01. The Morgan fingerprint density at radius 1 is 0.919 bits per heavy atom. The molecule has 9 nitrogen and oxygen atoms in total. The van der Waals surface area contributed by atoms with E-state index in [-0.39, 0.29) is 23.7 Å². The van der Waals surface area contributed by atoms with Gasteiger partial charge in [-0.1, -0.05) is 42.5 Å². The Labute approximate surface area is 217 Å². The van der Waals surface area contributed by atoms with E-state index in [1.807, 2.05) is 6.07 Å². The van der Waals surface area contributed by atoms with Gasteiger partial charge in [-0.2, -0.15) is 4.31 Å². The lowest BCUT2D eigenvalue weighted by atomic mass is 10.0. The third-order valence-corrected chi connectivity index (χ3v) is 9.22. The Morgan fingerprint density at radius 3 is 2.00 bits per heavy atom. The predicted molar refractivity (Wildman–Crippen MR) is 139 cm³/mol. The molecule has 1 atom stereocenters. The third-order valence-electron chi connectivity index (χ3n) is 5.24. The summed E-state index contributed by atoms with van der Waals surface area (Å²) in [7, 11) is -8.57. The largest absolute Gasteiger partial charge is 0.480 e. The van der Waals surface area contributed by atoms with E-state index in [0.29, 0.717) is 21.4 Å². The van der Waals surface area contributed by atoms with Crippen LogP contribution in [0.5, 0.6) is 11.5 Å². The Kier molecular flexibility index (Phi) is 9.64. The average molecular weight is 547 g/mol. The smallest absolute Gasteiger partial charge is 0.345 e. The molecule has 3 rings (SSSR count). The summed E-state index contributed by atoms with van der Waals surface area (Å²) in [5.41, 5.74) is 0.437. The summed E-state index contributed by atoms with van der Waals surface area (Å²) in [4.78, 5) is 12.3. The molecule has 1 N–H and O–H groups in total. The fourth-order valence-electron chi connectivity index (χ4n) is 3.63. The van der Waals surface area contributed by atoms with Gasteiger partial charge in [0.25, 0.3) is 0 Å². The van der Waals surface area contributed by atoms with Gasteiger partial charge >= 0.3 is 13.6 Å². The maximum Gasteiger partial charge on any atom is 0.345 e. The lowest BCUT2D eigenvalue weighted by molar-refractivity contribution is -0.141. The number of rotatable bonds is 13. The van der Waals surface area contributed by atoms with Crippen LogP contribution in [0, 0.1) is 6.92 Å². The minimum absolute atomic E-state index is 0.0274. The minimum Gasteiger partial charge on any atom is -0.480 e. The van der Waals surface area contributed by atoms with Gasteiger partial charge in [-0.05, 0) is 68.3 Å². The second-order valence-corrected chi connectivity index (χ2v) is 11.7. The number of sulfonamides is 1. The molecule has 0 fully saturated rings. The zero-order valence-corrected chi connectivity index (χ0v) is 22.2. The highest BCUT2D eigenvalue weighted by molar-refractivity contribution is 7.89. The summed E-state index contributed by atoms with van der Waals surface area (Å²) >= 11 is 0. The van der Waals surface area contributed by atoms with E-state index in [1.165, 1.54) is 30.3 Å². The molecule has 0 spiro atoms. The number of aliphatic carboxylic acids is 1. The molecule has 0 aliphatic heterocycles. The van der Waals surface area contributed by atoms with Crippen molar-refractivity contribution in [3.63, 3.8) is 0 Å². The summed E-state index contributed by atoms with van der Waals surface area (Å²) in [6.07, 6.45) is -0.815. The van der Waals surface area contributed by atoms with Crippen LogP contribution < -0.4 is 4.74 Å². The minimum atomic E-state index is -4.53. The molecule has 3 aromatic rings. The zero-order valence-electron chi connectivity index (χ0n) is 20.5. The van der Waals surface area contributed by atoms with E-state index in [2.05, 4.69) is 6.92 Å². The number of carbonyl (C=O) groups is 1. The SMILES string of the molecule is [CH2]c1ccccc1[C@H](C(=O)O)N(CP(=O)(OCC)OCC)S(=O)(=O)c1ccc(Oc2ccccc2)cc1. The van der Waals surface area contributed by atoms with Gasteiger partial charge in [0, 0.05) is 0 Å². The molecule has 3 aromatic carbocycles. The van der Waals surface area contributed by atoms with Gasteiger partial charge in [0.1, 0.15) is 23.8 Å². The topological polar surface area (TPSA) is 119 Å². The summed E-state index contributed by atoms with van der Waals surface area (Å²) < 4.78 is 58.2. The average Bonchev–Trinajstić information content (AvgIpc) is 2.86. The van der Waals surface area contributed by atoms with Gasteiger partial charge in [0.15, 0.2) is 0 Å². The van der Waals surface area contributed by atoms with Gasteiger partial charge in [-0.3, -0.25) is 9.36 Å². The predicted octanol–water partition coefficient (Wildman–Crippen LogP) is 5.70. The van der Waals surface area contributed by atoms with Crippen molar-refractivity contribution in [2.24, 2.45) is 0 Å². The number of carboxylic acids is 1. The molecule has 0 aliphatic rings. The van der Waals surface area contributed by atoms with Crippen LogP contribution in [0.25, 0.3) is 0 Å². The zero-order chi connectivity index (χ0) is 27.1. The molecule has 0 amide bonds. The number of ether oxygens (including phenoxy) is 1. The van der Waals surface area contributed by atoms with Crippen molar-refractivity contribution in [2.75, 3.05) is 19.5 Å². The molecule has 0 aliphatic carbocycles. The van der Waals surface area contributed by atoms with Crippen molar-refractivity contribution in [1.29, 1.82) is 0 Å². The molecular weight excluding hydrogens is 517 g/mol. The standard InChI is InChI=1S/C26H29NO8PS/c1-4-33-36(30,34-5-2)19-27(25(26(28)29)24-14-10-9-11-20(24)3)37(31,32)23-17-15-22(16-18-23)35-21-12-7-6-8-13-21/h6-18,25H,3-5,19H2,1-2H3,(H,28,29)/t25-/m1/s1. The molecule has 37 heavy (non-hydrogen) atoms. The van der Waals surface area contributed by atoms with Crippen molar-refractivity contribution in [3.05, 3.63) is 96.9 Å². The Balaban J connectivity index is 2.08. The van der Waals surface area contributed by atoms with E-state index in [9.17, 15) is 22.9 Å². The number of hydrogen-bond acceptors (Lipinski definition) is 7. The Morgan fingerprint density at radius 2 is 1.46 bits per heavy atom. The summed E-state index contributed by atoms with van der Waals surface area (Å²) in [6, 6.07) is 18.9. The molecule has 197 valence electrons. The lowest BCUT2D eigenvalue weighted by Gasteiger charge is -2.31. The van der Waals surface area contributed by atoms with Crippen LogP contribution >= 0.6 is 7.60 Å². The first-order valence-corrected chi connectivity index (χ1v) is 14.6. The van der Waals surface area contributed by atoms with E-state index in [4.69, 9.17) is 13.8 Å². The molecular formula is C26H29NO8PS. The Bertz CT molecular complexity index is 1340. The fraction of sp³-hybridized carbons (Fsp3) is 0.231. The van der Waals surface area contributed by atoms with Crippen molar-refractivity contribution in [1.82, 2.24) is 4.31 Å². The molecule has 0 saturated carbocycles. The summed E-state index contributed by atoms with van der Waals surface area (Å²) in [6.45, 7) is 6.95. The van der Waals surface area contributed by atoms with Gasteiger partial charge in [-0.25, -0.2) is 8.42 Å². The number of para-hydroxylation sites is 1. The highest BCUT2D eigenvalue weighted by Gasteiger charge is 2.43. The van der Waals surface area contributed by atoms with Crippen molar-refractivity contribution >= 4 is 23.6 Å². The van der Waals surface area contributed by atoms with E-state index in [1.54, 1.807) is 56.3 Å². The van der Waals surface area contributed by atoms with Crippen molar-refractivity contribution in [3.8, 4) is 11.5 Å². The van der Waals surface area contributed by atoms with Crippen molar-refractivity contribution < 1.29 is 36.7 Å². The number of benzene rings is 3. The molecule has 0 heterocycles. The van der Waals surface area contributed by atoms with E-state index >= 15 is 0 Å². The molecule has 1 radical (unpaired) electrons. The van der Waals surface area contributed by atoms with Crippen molar-refractivity contribution in [2.45, 2.75) is 24.8 Å². The third kappa shape index (κ3) is 7.06. The van der Waals surface area contributed by atoms with Crippen LogP contribution in [-0.2, 0) is 28.4 Å². The highest BCUT2D eigenvalue weighted by atomic mass is 32.2. The fourth-order valence-corrected chi connectivity index (χ4v) is 7.43. The summed E-state index contributed by atoms with van der Waals surface area (Å²) in [5, 5.41) is 10.2. The van der Waals surface area contributed by atoms with E-state index in [0.717, 1.165) is 0 Å². The molecule has 0 aromatic heterocycles. The quantitative estimate of drug-likeness (QED) is 0.271. The second-order valence-electron chi connectivity index (χ2n) is 7.81. The molecule has 0 saturated heterocycles. The highest BCUT2D eigenvalue weighted by Crippen LogP contribution is 2.51. The van der Waals surface area contributed by atoms with Crippen LogP contribution in [0.3, 0.4) is 0 Å². The molecule has 0 unspecified atom stereocenters. The number of hydrogen-bond donors (Lipinski definition) is 1. The normalized spacial score (nSPS) is 12.9. The lowest BCUT2D eigenvalue weighted by Crippen LogP contribution is -2.40. The van der Waals surface area contributed by atoms with Crippen LogP contribution in [0.1, 0.15) is 31.0 Å². The summed E-state index contributed by atoms with van der Waals surface area (Å²) in [5.74, 6) is -0.528. The number of nitrogens with zero attached hydrogens (tertiary/aromatic N) is 1. The van der Waals surface area contributed by atoms with E-state index < -0.39 is 35.9 Å². The van der Waals surface area contributed by atoms with Gasteiger partial charge < -0.3 is 18.9 Å². The van der Waals surface area contributed by atoms with Gasteiger partial charge in [0.05, 0.1) is 18.1 Å². The van der Waals surface area contributed by atoms with Crippen LogP contribution in [0.2, 0.25) is 0 Å². The maximum atomic E-state index is 13.9. The molecule has 11 heteroatoms.